The minimum atomic E-state index is -0.0285. The first-order valence-electron chi connectivity index (χ1n) is 9.09. The lowest BCUT2D eigenvalue weighted by Crippen LogP contribution is -2.48. The summed E-state index contributed by atoms with van der Waals surface area (Å²) in [5, 5.41) is 17.0. The average molecular weight is 392 g/mol. The van der Waals surface area contributed by atoms with Crippen molar-refractivity contribution in [1.29, 1.82) is 5.26 Å². The topological polar surface area (TPSA) is 88.9 Å². The van der Waals surface area contributed by atoms with Crippen LogP contribution in [0.3, 0.4) is 0 Å². The molecule has 3 aromatic rings. The number of aryl methyl sites for hydroxylation is 2. The summed E-state index contributed by atoms with van der Waals surface area (Å²) >= 11 is 1.70. The molecule has 0 bridgehead atoms. The first-order valence-corrected chi connectivity index (χ1v) is 9.90. The van der Waals surface area contributed by atoms with Gasteiger partial charge in [0.1, 0.15) is 0 Å². The highest BCUT2D eigenvalue weighted by molar-refractivity contribution is 7.15. The number of benzene rings is 1. The molecule has 0 spiro atoms. The lowest BCUT2D eigenvalue weighted by molar-refractivity contribution is 0.0747. The molecular weight excluding hydrogens is 372 g/mol. The third kappa shape index (κ3) is 3.37. The van der Waals surface area contributed by atoms with Crippen LogP contribution in [-0.2, 0) is 0 Å². The monoisotopic (exact) mass is 392 g/mol. The van der Waals surface area contributed by atoms with Gasteiger partial charge in [-0.1, -0.05) is 12.1 Å². The molecule has 0 saturated carbocycles. The summed E-state index contributed by atoms with van der Waals surface area (Å²) in [6.45, 7) is 6.94. The van der Waals surface area contributed by atoms with Gasteiger partial charge in [0.2, 0.25) is 0 Å². The molecule has 7 nitrogen and oxygen atoms in total. The van der Waals surface area contributed by atoms with Gasteiger partial charge < -0.3 is 9.80 Å². The van der Waals surface area contributed by atoms with Crippen molar-refractivity contribution in [3.63, 3.8) is 0 Å². The normalized spacial score (nSPS) is 14.2. The number of anilines is 1. The van der Waals surface area contributed by atoms with Gasteiger partial charge in [0, 0.05) is 36.6 Å². The molecule has 0 atom stereocenters. The molecule has 1 aliphatic rings. The van der Waals surface area contributed by atoms with Crippen LogP contribution < -0.4 is 4.90 Å². The van der Waals surface area contributed by atoms with E-state index in [9.17, 15) is 4.79 Å². The molecule has 0 unspecified atom stereocenters. The van der Waals surface area contributed by atoms with E-state index in [4.69, 9.17) is 5.26 Å². The van der Waals surface area contributed by atoms with Crippen LogP contribution in [0.2, 0.25) is 0 Å². The summed E-state index contributed by atoms with van der Waals surface area (Å²) in [5.41, 5.74) is 3.73. The number of hydrogen-bond donors (Lipinski definition) is 1. The maximum absolute atomic E-state index is 13.1. The van der Waals surface area contributed by atoms with E-state index in [0.29, 0.717) is 29.9 Å². The Labute approximate surface area is 167 Å². The van der Waals surface area contributed by atoms with Gasteiger partial charge in [0.25, 0.3) is 5.91 Å². The van der Waals surface area contributed by atoms with E-state index in [1.165, 1.54) is 4.88 Å². The first kappa shape index (κ1) is 18.2. The van der Waals surface area contributed by atoms with Gasteiger partial charge in [-0.05, 0) is 26.0 Å². The number of nitrogens with zero attached hydrogens (tertiary/aromatic N) is 5. The molecule has 142 valence electrons. The number of H-pyrrole nitrogens is 1. The standard InChI is InChI=1S/C20H20N6OS/c1-13-14(2)28-20(23-13)26-9-7-25(8-10-26)19(27)17-12-22-24-18(17)16-5-3-15(11-21)4-6-16/h3-6,12H,7-10H2,1-2H3,(H,22,24). The van der Waals surface area contributed by atoms with Gasteiger partial charge in [0.15, 0.2) is 5.13 Å². The Morgan fingerprint density at radius 1 is 1.18 bits per heavy atom. The van der Waals surface area contributed by atoms with E-state index >= 15 is 0 Å². The third-order valence-electron chi connectivity index (χ3n) is 5.03. The first-order chi connectivity index (χ1) is 13.6. The molecule has 3 heterocycles. The zero-order valence-electron chi connectivity index (χ0n) is 15.8. The van der Waals surface area contributed by atoms with Crippen molar-refractivity contribution in [1.82, 2.24) is 20.1 Å². The molecule has 1 aromatic carbocycles. The smallest absolute Gasteiger partial charge is 0.257 e. The Morgan fingerprint density at radius 3 is 2.50 bits per heavy atom. The number of aromatic amines is 1. The summed E-state index contributed by atoms with van der Waals surface area (Å²) in [7, 11) is 0. The second-order valence-corrected chi connectivity index (χ2v) is 7.95. The van der Waals surface area contributed by atoms with Gasteiger partial charge in [-0.25, -0.2) is 4.98 Å². The summed E-state index contributed by atoms with van der Waals surface area (Å²) in [4.78, 5) is 23.0. The number of thiazole rings is 1. The van der Waals surface area contributed by atoms with Crippen molar-refractivity contribution in [2.45, 2.75) is 13.8 Å². The Bertz CT molecular complexity index is 1020. The fraction of sp³-hybridized carbons (Fsp3) is 0.300. The highest BCUT2D eigenvalue weighted by atomic mass is 32.1. The maximum atomic E-state index is 13.1. The van der Waals surface area contributed by atoms with Crippen LogP contribution in [0.5, 0.6) is 0 Å². The number of aromatic nitrogens is 3. The van der Waals surface area contributed by atoms with Crippen LogP contribution in [0.1, 0.15) is 26.5 Å². The van der Waals surface area contributed by atoms with Crippen molar-refractivity contribution in [3.05, 3.63) is 52.2 Å². The number of hydrogen-bond acceptors (Lipinski definition) is 6. The Balaban J connectivity index is 1.47. The van der Waals surface area contributed by atoms with E-state index in [1.807, 2.05) is 24.0 Å². The van der Waals surface area contributed by atoms with Crippen LogP contribution in [0.25, 0.3) is 11.3 Å². The lowest BCUT2D eigenvalue weighted by Gasteiger charge is -2.34. The van der Waals surface area contributed by atoms with Gasteiger partial charge in [-0.3, -0.25) is 9.89 Å². The SMILES string of the molecule is Cc1nc(N2CCN(C(=O)c3cn[nH]c3-c3ccc(C#N)cc3)CC2)sc1C. The number of rotatable bonds is 3. The van der Waals surface area contributed by atoms with Crippen molar-refractivity contribution in [3.8, 4) is 17.3 Å². The number of nitrogens with one attached hydrogen (secondary N) is 1. The van der Waals surface area contributed by atoms with Crippen molar-refractivity contribution >= 4 is 22.4 Å². The minimum absolute atomic E-state index is 0.0285. The van der Waals surface area contributed by atoms with Gasteiger partial charge >= 0.3 is 0 Å². The summed E-state index contributed by atoms with van der Waals surface area (Å²) < 4.78 is 0. The molecule has 1 saturated heterocycles. The van der Waals surface area contributed by atoms with Gasteiger partial charge in [0.05, 0.1) is 34.8 Å². The predicted molar refractivity (Wildman–Crippen MR) is 108 cm³/mol. The van der Waals surface area contributed by atoms with E-state index < -0.39 is 0 Å². The second-order valence-electron chi connectivity index (χ2n) is 6.77. The fourth-order valence-corrected chi connectivity index (χ4v) is 4.20. The molecule has 0 radical (unpaired) electrons. The number of piperazine rings is 1. The van der Waals surface area contributed by atoms with Crippen LogP contribution >= 0.6 is 11.3 Å². The average Bonchev–Trinajstić information content (AvgIpc) is 3.35. The van der Waals surface area contributed by atoms with Gasteiger partial charge in [-0.2, -0.15) is 10.4 Å². The molecular formula is C20H20N6OS. The predicted octanol–water partition coefficient (Wildman–Crippen LogP) is 2.98. The van der Waals surface area contributed by atoms with Crippen LogP contribution in [-0.4, -0.2) is 52.2 Å². The highest BCUT2D eigenvalue weighted by Gasteiger charge is 2.26. The lowest BCUT2D eigenvalue weighted by atomic mass is 10.1. The van der Waals surface area contributed by atoms with E-state index in [-0.39, 0.29) is 5.91 Å². The van der Waals surface area contributed by atoms with Crippen molar-refractivity contribution in [2.24, 2.45) is 0 Å². The zero-order valence-corrected chi connectivity index (χ0v) is 16.6. The van der Waals surface area contributed by atoms with Crippen LogP contribution in [0, 0.1) is 25.2 Å². The van der Waals surface area contributed by atoms with E-state index in [1.54, 1.807) is 29.7 Å². The second kappa shape index (κ2) is 7.44. The molecule has 1 fully saturated rings. The molecule has 1 N–H and O–H groups in total. The Hall–Kier alpha value is -3.18. The molecule has 0 aliphatic carbocycles. The largest absolute Gasteiger partial charge is 0.345 e. The molecule has 28 heavy (non-hydrogen) atoms. The Morgan fingerprint density at radius 2 is 1.89 bits per heavy atom. The van der Waals surface area contributed by atoms with Crippen LogP contribution in [0.4, 0.5) is 5.13 Å². The zero-order chi connectivity index (χ0) is 19.7. The summed E-state index contributed by atoms with van der Waals surface area (Å²) in [6.07, 6.45) is 1.58. The number of carbonyl (C=O) groups excluding carboxylic acids is 1. The third-order valence-corrected chi connectivity index (χ3v) is 6.16. The number of nitriles is 1. The molecule has 8 heteroatoms. The fourth-order valence-electron chi connectivity index (χ4n) is 3.24. The number of carbonyl (C=O) groups is 1. The van der Waals surface area contributed by atoms with E-state index in [2.05, 4.69) is 33.1 Å². The molecule has 1 amide bonds. The quantitative estimate of drug-likeness (QED) is 0.740. The molecule has 1 aliphatic heterocycles. The number of amides is 1. The minimum Gasteiger partial charge on any atom is -0.345 e. The van der Waals surface area contributed by atoms with Gasteiger partial charge in [-0.15, -0.1) is 11.3 Å². The molecule has 4 rings (SSSR count). The van der Waals surface area contributed by atoms with E-state index in [0.717, 1.165) is 29.5 Å². The highest BCUT2D eigenvalue weighted by Crippen LogP contribution is 2.27. The maximum Gasteiger partial charge on any atom is 0.257 e. The summed E-state index contributed by atoms with van der Waals surface area (Å²) in [5.74, 6) is -0.0285. The van der Waals surface area contributed by atoms with Crippen molar-refractivity contribution < 1.29 is 4.79 Å². The Kier molecular flexibility index (Phi) is 4.84. The molecule has 2 aromatic heterocycles. The van der Waals surface area contributed by atoms with Crippen molar-refractivity contribution in [2.75, 3.05) is 31.1 Å². The van der Waals surface area contributed by atoms with Crippen LogP contribution in [0.15, 0.2) is 30.5 Å². The summed E-state index contributed by atoms with van der Waals surface area (Å²) in [6, 6.07) is 9.23.